The summed E-state index contributed by atoms with van der Waals surface area (Å²) >= 11 is 0. The zero-order valence-electron chi connectivity index (χ0n) is 29.8. The Balaban J connectivity index is 1.04. The van der Waals surface area contributed by atoms with E-state index in [-0.39, 0.29) is 0 Å². The van der Waals surface area contributed by atoms with Crippen molar-refractivity contribution in [3.63, 3.8) is 0 Å². The Bertz CT molecular complexity index is 3500. The predicted molar refractivity (Wildman–Crippen MR) is 231 cm³/mol. The number of rotatable bonds is 4. The predicted octanol–water partition coefficient (Wildman–Crippen LogP) is 14.3. The standard InChI is InChI=1S/C52H32N2O/c1-2-13-34-30-37(27-24-33(34)12-1)53-45-19-7-4-15-39(45)43-31-35(25-28-48(43)53)36-26-29-49-44(32-36)40-16-5-9-21-47(40)54(49)46-20-8-3-14-38(46)41-18-11-23-51-52(41)42-17-6-10-22-50(42)55-51/h1-32H. The summed E-state index contributed by atoms with van der Waals surface area (Å²) in [6.45, 7) is 0. The molecule has 256 valence electrons. The number of furan rings is 1. The quantitative estimate of drug-likeness (QED) is 0.179. The van der Waals surface area contributed by atoms with E-state index in [0.717, 1.165) is 33.2 Å². The van der Waals surface area contributed by atoms with Gasteiger partial charge in [0.15, 0.2) is 0 Å². The highest BCUT2D eigenvalue weighted by Crippen LogP contribution is 2.43. The maximum absolute atomic E-state index is 6.32. The molecule has 0 spiro atoms. The molecule has 0 fully saturated rings. The molecule has 3 aromatic heterocycles. The number of nitrogens with zero attached hydrogens (tertiary/aromatic N) is 2. The van der Waals surface area contributed by atoms with E-state index in [9.17, 15) is 0 Å². The van der Waals surface area contributed by atoms with Crippen LogP contribution in [0, 0.1) is 0 Å². The third-order valence-electron chi connectivity index (χ3n) is 11.5. The molecule has 0 saturated carbocycles. The van der Waals surface area contributed by atoms with Gasteiger partial charge in [0.1, 0.15) is 11.2 Å². The van der Waals surface area contributed by atoms with Gasteiger partial charge in [-0.2, -0.15) is 0 Å². The largest absolute Gasteiger partial charge is 0.456 e. The number of aromatic nitrogens is 2. The molecule has 12 aromatic rings. The zero-order chi connectivity index (χ0) is 36.0. The zero-order valence-corrected chi connectivity index (χ0v) is 29.8. The third kappa shape index (κ3) is 4.44. The Morgan fingerprint density at radius 2 is 0.891 bits per heavy atom. The lowest BCUT2D eigenvalue weighted by molar-refractivity contribution is 0.669. The van der Waals surface area contributed by atoms with Gasteiger partial charge in [-0.05, 0) is 94.2 Å². The fraction of sp³-hybridized carbons (Fsp3) is 0. The van der Waals surface area contributed by atoms with Gasteiger partial charge >= 0.3 is 0 Å². The molecule has 0 radical (unpaired) electrons. The van der Waals surface area contributed by atoms with E-state index in [1.807, 2.05) is 6.07 Å². The Labute approximate surface area is 316 Å². The minimum Gasteiger partial charge on any atom is -0.456 e. The second-order valence-electron chi connectivity index (χ2n) is 14.5. The van der Waals surface area contributed by atoms with Crippen LogP contribution in [-0.2, 0) is 0 Å². The molecule has 0 N–H and O–H groups in total. The highest BCUT2D eigenvalue weighted by Gasteiger charge is 2.20. The van der Waals surface area contributed by atoms with Crippen molar-refractivity contribution in [2.24, 2.45) is 0 Å². The van der Waals surface area contributed by atoms with E-state index in [2.05, 4.69) is 197 Å². The van der Waals surface area contributed by atoms with Crippen molar-refractivity contribution >= 4 is 76.3 Å². The van der Waals surface area contributed by atoms with E-state index >= 15 is 0 Å². The fourth-order valence-electron chi connectivity index (χ4n) is 9.05. The average Bonchev–Trinajstić information content (AvgIpc) is 3.91. The van der Waals surface area contributed by atoms with Gasteiger partial charge in [-0.15, -0.1) is 0 Å². The molecule has 0 unspecified atom stereocenters. The molecule has 0 aliphatic heterocycles. The smallest absolute Gasteiger partial charge is 0.136 e. The van der Waals surface area contributed by atoms with Crippen molar-refractivity contribution in [2.45, 2.75) is 0 Å². The minimum absolute atomic E-state index is 0.901. The van der Waals surface area contributed by atoms with Crippen LogP contribution >= 0.6 is 0 Å². The van der Waals surface area contributed by atoms with Gasteiger partial charge in [-0.25, -0.2) is 0 Å². The number of benzene rings is 9. The van der Waals surface area contributed by atoms with Gasteiger partial charge in [-0.3, -0.25) is 0 Å². The first-order chi connectivity index (χ1) is 27.3. The number of fused-ring (bicyclic) bond motifs is 10. The van der Waals surface area contributed by atoms with Crippen LogP contribution in [0.25, 0.3) is 110 Å². The lowest BCUT2D eigenvalue weighted by atomic mass is 9.97. The summed E-state index contributed by atoms with van der Waals surface area (Å²) in [6, 6.07) is 70.3. The first-order valence-electron chi connectivity index (χ1n) is 18.8. The maximum Gasteiger partial charge on any atom is 0.136 e. The van der Waals surface area contributed by atoms with E-state index in [1.165, 1.54) is 76.8 Å². The Hall–Kier alpha value is -7.36. The molecule has 9 aromatic carbocycles. The topological polar surface area (TPSA) is 23.0 Å². The molecule has 0 aliphatic carbocycles. The van der Waals surface area contributed by atoms with Crippen molar-refractivity contribution in [1.29, 1.82) is 0 Å². The van der Waals surface area contributed by atoms with Crippen molar-refractivity contribution in [1.82, 2.24) is 9.13 Å². The van der Waals surface area contributed by atoms with Crippen LogP contribution in [-0.4, -0.2) is 9.13 Å². The number of hydrogen-bond acceptors (Lipinski definition) is 1. The van der Waals surface area contributed by atoms with Crippen LogP contribution in [0.2, 0.25) is 0 Å². The summed E-state index contributed by atoms with van der Waals surface area (Å²) in [7, 11) is 0. The molecule has 3 heterocycles. The SMILES string of the molecule is c1ccc(-n2c3ccccc3c3cc(-c4ccc5c(c4)c4ccccc4n5-c4ccc5ccccc5c4)ccc32)c(-c2cccc3oc4ccccc4c23)c1. The van der Waals surface area contributed by atoms with E-state index in [0.29, 0.717) is 0 Å². The summed E-state index contributed by atoms with van der Waals surface area (Å²) in [5.74, 6) is 0. The lowest BCUT2D eigenvalue weighted by Gasteiger charge is -2.15. The molecule has 12 rings (SSSR count). The van der Waals surface area contributed by atoms with E-state index in [4.69, 9.17) is 4.42 Å². The summed E-state index contributed by atoms with van der Waals surface area (Å²) in [5, 5.41) is 9.73. The highest BCUT2D eigenvalue weighted by atomic mass is 16.3. The Morgan fingerprint density at radius 1 is 0.327 bits per heavy atom. The van der Waals surface area contributed by atoms with Gasteiger partial charge in [0.25, 0.3) is 0 Å². The first kappa shape index (κ1) is 30.1. The number of para-hydroxylation sites is 4. The van der Waals surface area contributed by atoms with Crippen LogP contribution in [0.3, 0.4) is 0 Å². The van der Waals surface area contributed by atoms with Gasteiger partial charge in [0.05, 0.1) is 27.8 Å². The fourth-order valence-corrected chi connectivity index (χ4v) is 9.05. The molecular weight excluding hydrogens is 669 g/mol. The van der Waals surface area contributed by atoms with Gasteiger partial charge in [-0.1, -0.05) is 127 Å². The van der Waals surface area contributed by atoms with Crippen LogP contribution < -0.4 is 0 Å². The summed E-state index contributed by atoms with van der Waals surface area (Å²) in [5.41, 5.74) is 13.6. The van der Waals surface area contributed by atoms with Gasteiger partial charge in [0, 0.05) is 43.6 Å². The second kappa shape index (κ2) is 11.6. The van der Waals surface area contributed by atoms with Gasteiger partial charge in [0.2, 0.25) is 0 Å². The van der Waals surface area contributed by atoms with Crippen LogP contribution in [0.4, 0.5) is 0 Å². The molecule has 0 aliphatic rings. The second-order valence-corrected chi connectivity index (χ2v) is 14.5. The monoisotopic (exact) mass is 700 g/mol. The molecule has 0 atom stereocenters. The molecule has 0 bridgehead atoms. The van der Waals surface area contributed by atoms with Crippen LogP contribution in [0.15, 0.2) is 199 Å². The molecule has 0 amide bonds. The summed E-state index contributed by atoms with van der Waals surface area (Å²) < 4.78 is 11.2. The average molecular weight is 701 g/mol. The molecule has 3 nitrogen and oxygen atoms in total. The normalized spacial score (nSPS) is 12.0. The summed E-state index contributed by atoms with van der Waals surface area (Å²) in [6.07, 6.45) is 0. The molecule has 0 saturated heterocycles. The molecule has 55 heavy (non-hydrogen) atoms. The van der Waals surface area contributed by atoms with E-state index in [1.54, 1.807) is 0 Å². The van der Waals surface area contributed by atoms with Crippen LogP contribution in [0.5, 0.6) is 0 Å². The van der Waals surface area contributed by atoms with E-state index < -0.39 is 0 Å². The number of hydrogen-bond donors (Lipinski definition) is 0. The van der Waals surface area contributed by atoms with Crippen molar-refractivity contribution in [3.05, 3.63) is 194 Å². The minimum atomic E-state index is 0.901. The summed E-state index contributed by atoms with van der Waals surface area (Å²) in [4.78, 5) is 0. The van der Waals surface area contributed by atoms with Crippen molar-refractivity contribution in [3.8, 4) is 33.6 Å². The molecular formula is C52H32N2O. The van der Waals surface area contributed by atoms with Crippen molar-refractivity contribution < 1.29 is 4.42 Å². The highest BCUT2D eigenvalue weighted by molar-refractivity contribution is 6.15. The first-order valence-corrected chi connectivity index (χ1v) is 18.8. The van der Waals surface area contributed by atoms with Gasteiger partial charge < -0.3 is 13.6 Å². The van der Waals surface area contributed by atoms with Crippen LogP contribution in [0.1, 0.15) is 0 Å². The Kier molecular flexibility index (Phi) is 6.34. The van der Waals surface area contributed by atoms with Crippen molar-refractivity contribution in [2.75, 3.05) is 0 Å². The lowest BCUT2D eigenvalue weighted by Crippen LogP contribution is -1.97. The third-order valence-corrected chi connectivity index (χ3v) is 11.5. The Morgan fingerprint density at radius 3 is 1.67 bits per heavy atom. The maximum atomic E-state index is 6.32. The molecule has 3 heteroatoms.